The molecule has 5 heteroatoms. The first-order chi connectivity index (χ1) is 38.9. The smallest absolute Gasteiger partial charge is 0.143 e. The van der Waals surface area contributed by atoms with Crippen LogP contribution in [0.3, 0.4) is 0 Å². The zero-order chi connectivity index (χ0) is 57.4. The molecule has 0 saturated heterocycles. The van der Waals surface area contributed by atoms with Crippen LogP contribution < -0.4 is 17.0 Å². The molecule has 0 aliphatic carbocycles. The summed E-state index contributed by atoms with van der Waals surface area (Å²) in [5, 5.41) is 10.4. The summed E-state index contributed by atoms with van der Waals surface area (Å²) < 4.78 is 15.6. The lowest BCUT2D eigenvalue weighted by atomic mass is 9.85. The van der Waals surface area contributed by atoms with Gasteiger partial charge in [-0.15, -0.1) is 0 Å². The van der Waals surface area contributed by atoms with Gasteiger partial charge in [-0.1, -0.05) is 347 Å². The van der Waals surface area contributed by atoms with E-state index in [0.29, 0.717) is 0 Å². The third-order valence-corrected chi connectivity index (χ3v) is 17.8. The molecule has 0 saturated carbocycles. The third kappa shape index (κ3) is 59.5. The van der Waals surface area contributed by atoms with Crippen molar-refractivity contribution >= 4 is 0 Å². The van der Waals surface area contributed by atoms with Gasteiger partial charge in [0.25, 0.3) is 0 Å². The maximum atomic E-state index is 10.4. The summed E-state index contributed by atoms with van der Waals surface area (Å²) in [5.41, 5.74) is -0.323. The van der Waals surface area contributed by atoms with Gasteiger partial charge in [0.15, 0.2) is 0 Å². The average molecular weight is 1190 g/mol. The van der Waals surface area contributed by atoms with Crippen molar-refractivity contribution in [3.05, 3.63) is 24.3 Å². The summed E-state index contributed by atoms with van der Waals surface area (Å²) in [6.07, 6.45) is 88.4. The normalized spacial score (nSPS) is 13.3. The lowest BCUT2D eigenvalue weighted by Gasteiger charge is -2.45. The average Bonchev–Trinajstić information content (AvgIpc) is 3.44. The predicted octanol–water partition coefficient (Wildman–Crippen LogP) is 22.0. The Morgan fingerprint density at radius 3 is 0.912 bits per heavy atom. The molecule has 0 aromatic rings. The van der Waals surface area contributed by atoms with E-state index in [0.717, 1.165) is 56.5 Å². The van der Waals surface area contributed by atoms with E-state index in [-0.39, 0.29) is 35.3 Å². The molecule has 0 aliphatic rings. The monoisotopic (exact) mass is 1190 g/mol. The van der Waals surface area contributed by atoms with Crippen molar-refractivity contribution in [3.63, 3.8) is 0 Å². The van der Waals surface area contributed by atoms with Crippen LogP contribution in [0.1, 0.15) is 400 Å². The van der Waals surface area contributed by atoms with Gasteiger partial charge in [0.1, 0.15) is 18.7 Å². The van der Waals surface area contributed by atoms with Crippen LogP contribution in [0.4, 0.5) is 0 Å². The van der Waals surface area contributed by atoms with Crippen LogP contribution in [0.15, 0.2) is 24.3 Å². The van der Waals surface area contributed by atoms with Crippen molar-refractivity contribution in [2.75, 3.05) is 47.0 Å². The van der Waals surface area contributed by atoms with E-state index < -0.39 is 0 Å². The van der Waals surface area contributed by atoms with Crippen molar-refractivity contribution in [2.45, 2.75) is 412 Å². The summed E-state index contributed by atoms with van der Waals surface area (Å²) in [4.78, 5) is 0. The first-order valence-electron chi connectivity index (χ1n) is 36.9. The largest absolute Gasteiger partial charge is 1.00 e. The zero-order valence-electron chi connectivity index (χ0n) is 56.0. The van der Waals surface area contributed by atoms with Gasteiger partial charge >= 0.3 is 0 Å². The standard InChI is InChI=1S/C75H150NO3.BrH/c1-7-11-15-19-23-27-31-35-39-41-45-49-53-57-61-65-71-78-74(67-63-59-55-51-47-43-37-33-29-25-21-17-13-9-3)75(73-76(5,6)69-70-77,68-64-60-56-52-48-44-38-34-30-26-22-18-14-10-4)79-72-66-62-58-54-50-46-42-40-36-32-28-24-20-16-12-8-2;/h35-36,39-40,74,77H,7-34,37-38,41-73H2,1-6H3;1H/q+1;/p-1/b39-35-,40-36-;. The van der Waals surface area contributed by atoms with Crippen LogP contribution in [0.25, 0.3) is 0 Å². The van der Waals surface area contributed by atoms with E-state index in [1.54, 1.807) is 0 Å². The molecule has 4 nitrogen and oxygen atoms in total. The molecule has 0 rings (SSSR count). The van der Waals surface area contributed by atoms with E-state index in [9.17, 15) is 5.11 Å². The van der Waals surface area contributed by atoms with Gasteiger partial charge in [0.2, 0.25) is 0 Å². The summed E-state index contributed by atoms with van der Waals surface area (Å²) in [6, 6.07) is 0. The molecule has 0 aliphatic heterocycles. The molecule has 0 aromatic heterocycles. The number of hydrogen-bond acceptors (Lipinski definition) is 3. The van der Waals surface area contributed by atoms with Crippen LogP contribution >= 0.6 is 0 Å². The number of allylic oxidation sites excluding steroid dienone is 4. The Balaban J connectivity index is 0. The second-order valence-electron chi connectivity index (χ2n) is 26.4. The minimum Gasteiger partial charge on any atom is -1.00 e. The third-order valence-electron chi connectivity index (χ3n) is 17.8. The van der Waals surface area contributed by atoms with E-state index in [1.807, 2.05) is 0 Å². The maximum Gasteiger partial charge on any atom is 0.143 e. The number of rotatable bonds is 69. The molecule has 0 amide bonds. The molecule has 80 heavy (non-hydrogen) atoms. The Hall–Kier alpha value is -0.200. The van der Waals surface area contributed by atoms with Gasteiger partial charge in [-0.3, -0.25) is 0 Å². The fourth-order valence-corrected chi connectivity index (χ4v) is 12.5. The van der Waals surface area contributed by atoms with E-state index in [1.165, 1.54) is 347 Å². The van der Waals surface area contributed by atoms with Crippen molar-refractivity contribution in [1.29, 1.82) is 0 Å². The molecule has 480 valence electrons. The predicted molar refractivity (Wildman–Crippen MR) is 356 cm³/mol. The first kappa shape index (κ1) is 81.9. The second-order valence-corrected chi connectivity index (χ2v) is 26.4. The molecule has 0 heterocycles. The van der Waals surface area contributed by atoms with E-state index in [2.05, 4.69) is 66.1 Å². The molecule has 0 aromatic carbocycles. The fraction of sp³-hybridized carbons (Fsp3) is 0.947. The van der Waals surface area contributed by atoms with Crippen LogP contribution in [-0.2, 0) is 9.47 Å². The van der Waals surface area contributed by atoms with Crippen LogP contribution in [0, 0.1) is 0 Å². The first-order valence-corrected chi connectivity index (χ1v) is 36.9. The molecule has 2 unspecified atom stereocenters. The highest BCUT2D eigenvalue weighted by molar-refractivity contribution is 4.91. The molecule has 0 spiro atoms. The Bertz CT molecular complexity index is 1190. The molecule has 0 bridgehead atoms. The highest BCUT2D eigenvalue weighted by atomic mass is 79.9. The Kier molecular flexibility index (Phi) is 69.5. The van der Waals surface area contributed by atoms with Crippen molar-refractivity contribution in [3.8, 4) is 0 Å². The molecular weight excluding hydrogens is 1040 g/mol. The summed E-state index contributed by atoms with van der Waals surface area (Å²) in [6.45, 7) is 12.9. The molecule has 0 radical (unpaired) electrons. The number of aliphatic hydroxyl groups excluding tert-OH is 1. The zero-order valence-corrected chi connectivity index (χ0v) is 57.6. The van der Waals surface area contributed by atoms with E-state index >= 15 is 0 Å². The summed E-state index contributed by atoms with van der Waals surface area (Å²) in [7, 11) is 4.69. The number of quaternary nitrogens is 1. The Labute approximate surface area is 516 Å². The highest BCUT2D eigenvalue weighted by Crippen LogP contribution is 2.34. The van der Waals surface area contributed by atoms with Gasteiger partial charge in [0.05, 0.1) is 26.8 Å². The van der Waals surface area contributed by atoms with Crippen molar-refractivity contribution in [1.82, 2.24) is 0 Å². The maximum absolute atomic E-state index is 10.4. The molecular formula is C75H150BrNO3. The van der Waals surface area contributed by atoms with E-state index in [4.69, 9.17) is 9.47 Å². The lowest BCUT2D eigenvalue weighted by molar-refractivity contribution is -0.897. The molecule has 2 atom stereocenters. The highest BCUT2D eigenvalue weighted by Gasteiger charge is 2.45. The van der Waals surface area contributed by atoms with Crippen LogP contribution in [0.5, 0.6) is 0 Å². The Morgan fingerprint density at radius 1 is 0.338 bits per heavy atom. The quantitative estimate of drug-likeness (QED) is 0.0375. The van der Waals surface area contributed by atoms with Gasteiger partial charge in [-0.25, -0.2) is 0 Å². The van der Waals surface area contributed by atoms with Gasteiger partial charge in [-0.05, 0) is 77.0 Å². The SMILES string of the molecule is CCCCCCCC/C=C\CCCCCCCCOC(CCCCCCCCCCCCCCCC)C(CCCCCCCCCCCCCCCC)(C[N+](C)(C)CCO)OCCCCCCCC/C=C\CCCCCCCC.[Br-]. The van der Waals surface area contributed by atoms with Crippen LogP contribution in [0.2, 0.25) is 0 Å². The minimum atomic E-state index is -0.323. The minimum absolute atomic E-state index is 0. The van der Waals surface area contributed by atoms with Crippen molar-refractivity contribution < 1.29 is 36.0 Å². The number of unbranched alkanes of at least 4 members (excludes halogenated alkanes) is 50. The number of aliphatic hydroxyl groups is 1. The second kappa shape index (κ2) is 67.9. The summed E-state index contributed by atoms with van der Waals surface area (Å²) in [5.74, 6) is 0. The number of likely N-dealkylation sites (N-methyl/N-ethyl adjacent to an activating group) is 1. The number of halogens is 1. The summed E-state index contributed by atoms with van der Waals surface area (Å²) >= 11 is 0. The molecule has 0 fully saturated rings. The topological polar surface area (TPSA) is 38.7 Å². The Morgan fingerprint density at radius 2 is 0.600 bits per heavy atom. The van der Waals surface area contributed by atoms with Gasteiger partial charge < -0.3 is 36.0 Å². The van der Waals surface area contributed by atoms with Gasteiger partial charge in [-0.2, -0.15) is 0 Å². The van der Waals surface area contributed by atoms with Crippen molar-refractivity contribution in [2.24, 2.45) is 0 Å². The fourth-order valence-electron chi connectivity index (χ4n) is 12.5. The molecule has 1 N–H and O–H groups in total. The number of nitrogens with zero attached hydrogens (tertiary/aromatic N) is 1. The lowest BCUT2D eigenvalue weighted by Crippen LogP contribution is -3.00. The van der Waals surface area contributed by atoms with Crippen LogP contribution in [-0.4, -0.2) is 68.3 Å². The number of ether oxygens (including phenoxy) is 2. The van der Waals surface area contributed by atoms with Gasteiger partial charge in [0, 0.05) is 13.2 Å². The number of hydrogen-bond donors (Lipinski definition) is 1.